The first-order valence-corrected chi connectivity index (χ1v) is 10.3. The SMILES string of the molecule is CCCCCCCCCCC1[C@@H](c2ccccc2)N1c1ccccc1. The van der Waals surface area contributed by atoms with Gasteiger partial charge in [0.1, 0.15) is 0 Å². The number of para-hydroxylation sites is 1. The highest BCUT2D eigenvalue weighted by molar-refractivity contribution is 5.59. The molecule has 3 rings (SSSR count). The lowest BCUT2D eigenvalue weighted by molar-refractivity contribution is 0.562. The Bertz CT molecular complexity index is 547. The molecular weight excluding hydrogens is 302 g/mol. The summed E-state index contributed by atoms with van der Waals surface area (Å²) in [6, 6.07) is 23.2. The molecule has 1 heterocycles. The van der Waals surface area contributed by atoms with Gasteiger partial charge in [0.25, 0.3) is 0 Å². The predicted molar refractivity (Wildman–Crippen MR) is 109 cm³/mol. The normalized spacial score (nSPS) is 19.2. The lowest BCUT2D eigenvalue weighted by Gasteiger charge is -2.06. The van der Waals surface area contributed by atoms with Crippen LogP contribution in [0.15, 0.2) is 60.7 Å². The summed E-state index contributed by atoms with van der Waals surface area (Å²) in [5.41, 5.74) is 2.84. The van der Waals surface area contributed by atoms with Gasteiger partial charge >= 0.3 is 0 Å². The summed E-state index contributed by atoms with van der Waals surface area (Å²) in [6.07, 6.45) is 12.5. The van der Waals surface area contributed by atoms with Gasteiger partial charge in [-0.05, 0) is 24.1 Å². The van der Waals surface area contributed by atoms with Gasteiger partial charge in [0.15, 0.2) is 0 Å². The summed E-state index contributed by atoms with van der Waals surface area (Å²) < 4.78 is 0. The summed E-state index contributed by atoms with van der Waals surface area (Å²) >= 11 is 0. The molecule has 0 aliphatic carbocycles. The standard InChI is InChI=1S/C24H33N/c1-2-3-4-5-6-7-8-15-20-23-24(21-16-11-9-12-17-21)25(23)22-18-13-10-14-19-22/h9-14,16-19,23-24H,2-8,15,20H2,1H3/t23?,24-,25?/m1/s1. The Morgan fingerprint density at radius 1 is 0.680 bits per heavy atom. The van der Waals surface area contributed by atoms with Crippen molar-refractivity contribution in [2.45, 2.75) is 76.8 Å². The van der Waals surface area contributed by atoms with Crippen molar-refractivity contribution in [3.05, 3.63) is 66.2 Å². The van der Waals surface area contributed by atoms with Gasteiger partial charge in [0.05, 0.1) is 12.1 Å². The van der Waals surface area contributed by atoms with Crippen molar-refractivity contribution in [2.24, 2.45) is 0 Å². The largest absolute Gasteiger partial charge is 0.357 e. The number of benzene rings is 2. The molecule has 0 aromatic heterocycles. The van der Waals surface area contributed by atoms with E-state index in [1.54, 1.807) is 0 Å². The van der Waals surface area contributed by atoms with Gasteiger partial charge in [-0.1, -0.05) is 107 Å². The lowest BCUT2D eigenvalue weighted by Crippen LogP contribution is -1.98. The van der Waals surface area contributed by atoms with E-state index in [9.17, 15) is 0 Å². The van der Waals surface area contributed by atoms with Crippen LogP contribution in [-0.2, 0) is 0 Å². The zero-order chi connectivity index (χ0) is 17.3. The van der Waals surface area contributed by atoms with E-state index in [0.717, 1.165) is 0 Å². The maximum atomic E-state index is 2.61. The molecule has 2 atom stereocenters. The molecule has 1 aliphatic rings. The molecule has 0 saturated carbocycles. The van der Waals surface area contributed by atoms with Crippen LogP contribution in [0.5, 0.6) is 0 Å². The average Bonchev–Trinajstić information content (AvgIpc) is 3.39. The first kappa shape index (κ1) is 18.0. The Kier molecular flexibility index (Phi) is 6.97. The van der Waals surface area contributed by atoms with Crippen molar-refractivity contribution in [3.8, 4) is 0 Å². The maximum Gasteiger partial charge on any atom is 0.0750 e. The molecular formula is C24H33N. The zero-order valence-corrected chi connectivity index (χ0v) is 15.7. The number of rotatable bonds is 11. The number of hydrogen-bond acceptors (Lipinski definition) is 1. The van der Waals surface area contributed by atoms with Gasteiger partial charge in [-0.3, -0.25) is 0 Å². The van der Waals surface area contributed by atoms with E-state index >= 15 is 0 Å². The van der Waals surface area contributed by atoms with Gasteiger partial charge in [0, 0.05) is 5.69 Å². The Labute approximate surface area is 154 Å². The molecule has 0 amide bonds. The number of nitrogens with zero attached hydrogens (tertiary/aromatic N) is 1. The second-order valence-electron chi connectivity index (χ2n) is 7.43. The van der Waals surface area contributed by atoms with Gasteiger partial charge in [-0.25, -0.2) is 0 Å². The summed E-state index contributed by atoms with van der Waals surface area (Å²) in [7, 11) is 0. The fourth-order valence-electron chi connectivity index (χ4n) is 4.05. The Morgan fingerprint density at radius 2 is 1.24 bits per heavy atom. The highest BCUT2D eigenvalue weighted by atomic mass is 15.4. The molecule has 0 radical (unpaired) electrons. The van der Waals surface area contributed by atoms with E-state index < -0.39 is 0 Å². The minimum absolute atomic E-state index is 0.577. The van der Waals surface area contributed by atoms with Crippen LogP contribution in [0.3, 0.4) is 0 Å². The van der Waals surface area contributed by atoms with E-state index in [0.29, 0.717) is 12.1 Å². The predicted octanol–water partition coefficient (Wildman–Crippen LogP) is 7.15. The molecule has 0 bridgehead atoms. The Hall–Kier alpha value is -1.76. The maximum absolute atomic E-state index is 2.61. The van der Waals surface area contributed by atoms with Crippen molar-refractivity contribution in [2.75, 3.05) is 4.90 Å². The van der Waals surface area contributed by atoms with Crippen LogP contribution < -0.4 is 4.90 Å². The average molecular weight is 336 g/mol. The third-order valence-electron chi connectivity index (χ3n) is 5.48. The fraction of sp³-hybridized carbons (Fsp3) is 0.500. The zero-order valence-electron chi connectivity index (χ0n) is 15.7. The summed E-state index contributed by atoms with van der Waals surface area (Å²) in [5.74, 6) is 0. The summed E-state index contributed by atoms with van der Waals surface area (Å²) in [4.78, 5) is 2.61. The third kappa shape index (κ3) is 5.11. The fourth-order valence-corrected chi connectivity index (χ4v) is 4.05. The van der Waals surface area contributed by atoms with Crippen LogP contribution in [0, 0.1) is 0 Å². The van der Waals surface area contributed by atoms with E-state index in [1.807, 2.05) is 0 Å². The van der Waals surface area contributed by atoms with Crippen LogP contribution in [0.1, 0.15) is 76.3 Å². The molecule has 2 aromatic rings. The van der Waals surface area contributed by atoms with Crippen LogP contribution >= 0.6 is 0 Å². The van der Waals surface area contributed by atoms with E-state index in [1.165, 1.54) is 69.0 Å². The number of hydrogen-bond donors (Lipinski definition) is 0. The first-order valence-electron chi connectivity index (χ1n) is 10.3. The van der Waals surface area contributed by atoms with Crippen LogP contribution in [0.2, 0.25) is 0 Å². The Balaban J connectivity index is 1.47. The van der Waals surface area contributed by atoms with Gasteiger partial charge in [-0.15, -0.1) is 0 Å². The molecule has 2 aromatic carbocycles. The molecule has 0 spiro atoms. The molecule has 134 valence electrons. The first-order chi connectivity index (χ1) is 12.4. The highest BCUT2D eigenvalue weighted by Gasteiger charge is 2.47. The molecule has 1 saturated heterocycles. The number of anilines is 1. The van der Waals surface area contributed by atoms with Gasteiger partial charge in [0.2, 0.25) is 0 Å². The van der Waals surface area contributed by atoms with E-state index in [2.05, 4.69) is 72.5 Å². The number of unbranched alkanes of at least 4 members (excludes halogenated alkanes) is 7. The summed E-state index contributed by atoms with van der Waals surface area (Å²) in [6.45, 7) is 2.29. The van der Waals surface area contributed by atoms with Crippen molar-refractivity contribution in [1.29, 1.82) is 0 Å². The molecule has 1 heteroatoms. The molecule has 1 unspecified atom stereocenters. The van der Waals surface area contributed by atoms with Crippen LogP contribution in [-0.4, -0.2) is 6.04 Å². The topological polar surface area (TPSA) is 3.01 Å². The van der Waals surface area contributed by atoms with Crippen molar-refractivity contribution in [3.63, 3.8) is 0 Å². The Morgan fingerprint density at radius 3 is 1.88 bits per heavy atom. The molecule has 0 N–H and O–H groups in total. The minimum Gasteiger partial charge on any atom is -0.357 e. The van der Waals surface area contributed by atoms with Crippen molar-refractivity contribution >= 4 is 5.69 Å². The van der Waals surface area contributed by atoms with E-state index in [-0.39, 0.29) is 0 Å². The smallest absolute Gasteiger partial charge is 0.0750 e. The third-order valence-corrected chi connectivity index (χ3v) is 5.48. The molecule has 25 heavy (non-hydrogen) atoms. The highest BCUT2D eigenvalue weighted by Crippen LogP contribution is 2.48. The second kappa shape index (κ2) is 9.65. The molecule has 1 aliphatic heterocycles. The monoisotopic (exact) mass is 335 g/mol. The van der Waals surface area contributed by atoms with Gasteiger partial charge in [-0.2, -0.15) is 0 Å². The quantitative estimate of drug-likeness (QED) is 0.311. The van der Waals surface area contributed by atoms with E-state index in [4.69, 9.17) is 0 Å². The van der Waals surface area contributed by atoms with Gasteiger partial charge < -0.3 is 4.90 Å². The van der Waals surface area contributed by atoms with Crippen molar-refractivity contribution in [1.82, 2.24) is 0 Å². The van der Waals surface area contributed by atoms with Crippen LogP contribution in [0.4, 0.5) is 5.69 Å². The molecule has 1 fully saturated rings. The van der Waals surface area contributed by atoms with Crippen molar-refractivity contribution < 1.29 is 0 Å². The molecule has 1 nitrogen and oxygen atoms in total. The second-order valence-corrected chi connectivity index (χ2v) is 7.43. The minimum atomic E-state index is 0.577. The van der Waals surface area contributed by atoms with Crippen LogP contribution in [0.25, 0.3) is 0 Å². The lowest BCUT2D eigenvalue weighted by atomic mass is 10.0. The summed E-state index contributed by atoms with van der Waals surface area (Å²) in [5, 5.41) is 0.